The molecule has 0 bridgehead atoms. The summed E-state index contributed by atoms with van der Waals surface area (Å²) in [6.45, 7) is 1.78. The number of rotatable bonds is 3. The number of hydrogen-bond acceptors (Lipinski definition) is 3. The third-order valence-corrected chi connectivity index (χ3v) is 5.80. The lowest BCUT2D eigenvalue weighted by Gasteiger charge is -2.10. The molecule has 1 aliphatic rings. The number of carbonyl (C=O) groups is 1. The molecule has 0 aliphatic carbocycles. The molecule has 1 aliphatic heterocycles. The van der Waals surface area contributed by atoms with Crippen LogP contribution in [-0.4, -0.2) is 25.0 Å². The Labute approximate surface area is 115 Å². The molecule has 0 spiro atoms. The van der Waals surface area contributed by atoms with Gasteiger partial charge in [0.1, 0.15) is 0 Å². The molecule has 0 radical (unpaired) electrons. The zero-order valence-corrected chi connectivity index (χ0v) is 12.5. The highest BCUT2D eigenvalue weighted by Crippen LogP contribution is 2.32. The predicted octanol–water partition coefficient (Wildman–Crippen LogP) is 2.75. The van der Waals surface area contributed by atoms with Crippen molar-refractivity contribution in [2.24, 2.45) is 0 Å². The van der Waals surface area contributed by atoms with Crippen molar-refractivity contribution in [3.63, 3.8) is 0 Å². The van der Waals surface area contributed by atoms with E-state index in [1.807, 2.05) is 6.07 Å². The predicted molar refractivity (Wildman–Crippen MR) is 73.1 cm³/mol. The third kappa shape index (κ3) is 3.06. The maximum Gasteiger partial charge on any atom is 0.261 e. The highest BCUT2D eigenvalue weighted by atomic mass is 79.9. The van der Waals surface area contributed by atoms with Crippen molar-refractivity contribution in [1.29, 1.82) is 0 Å². The first-order chi connectivity index (χ1) is 7.66. The van der Waals surface area contributed by atoms with Crippen LogP contribution in [0.25, 0.3) is 0 Å². The SMILES string of the molecule is O=C(NCC1CCCN1)c1cc(Br)c(Br)s1. The second-order valence-electron chi connectivity index (χ2n) is 3.74. The molecule has 1 aromatic heterocycles. The van der Waals surface area contributed by atoms with Gasteiger partial charge in [0.05, 0.1) is 8.66 Å². The molecule has 1 saturated heterocycles. The largest absolute Gasteiger partial charge is 0.350 e. The summed E-state index contributed by atoms with van der Waals surface area (Å²) in [5.74, 6) is 0.00472. The zero-order valence-electron chi connectivity index (χ0n) is 8.56. The van der Waals surface area contributed by atoms with Gasteiger partial charge >= 0.3 is 0 Å². The normalized spacial score (nSPS) is 20.0. The molecule has 0 saturated carbocycles. The van der Waals surface area contributed by atoms with E-state index >= 15 is 0 Å². The van der Waals surface area contributed by atoms with E-state index in [1.54, 1.807) is 0 Å². The Hall–Kier alpha value is 0.0900. The molecule has 0 aromatic carbocycles. The van der Waals surface area contributed by atoms with E-state index in [1.165, 1.54) is 17.8 Å². The fourth-order valence-corrected chi connectivity index (χ4v) is 3.64. The number of nitrogens with one attached hydrogen (secondary N) is 2. The molecule has 16 heavy (non-hydrogen) atoms. The minimum absolute atomic E-state index is 0.00472. The van der Waals surface area contributed by atoms with Crippen LogP contribution in [0.2, 0.25) is 0 Å². The van der Waals surface area contributed by atoms with E-state index in [4.69, 9.17) is 0 Å². The van der Waals surface area contributed by atoms with Crippen molar-refractivity contribution in [1.82, 2.24) is 10.6 Å². The third-order valence-electron chi connectivity index (χ3n) is 2.54. The molecule has 3 nitrogen and oxygen atoms in total. The van der Waals surface area contributed by atoms with Gasteiger partial charge in [-0.2, -0.15) is 0 Å². The molecule has 1 unspecified atom stereocenters. The van der Waals surface area contributed by atoms with E-state index in [0.29, 0.717) is 12.6 Å². The Bertz CT molecular complexity index is 369. The van der Waals surface area contributed by atoms with Gasteiger partial charge in [0.15, 0.2) is 0 Å². The van der Waals surface area contributed by atoms with Gasteiger partial charge in [-0.05, 0) is 57.3 Å². The van der Waals surface area contributed by atoms with Crippen LogP contribution in [0.4, 0.5) is 0 Å². The average molecular weight is 368 g/mol. The summed E-state index contributed by atoms with van der Waals surface area (Å²) in [4.78, 5) is 12.5. The summed E-state index contributed by atoms with van der Waals surface area (Å²) >= 11 is 8.20. The quantitative estimate of drug-likeness (QED) is 0.862. The minimum Gasteiger partial charge on any atom is -0.350 e. The van der Waals surface area contributed by atoms with Crippen molar-refractivity contribution >= 4 is 49.1 Å². The summed E-state index contributed by atoms with van der Waals surface area (Å²) in [6, 6.07) is 2.28. The average Bonchev–Trinajstić information content (AvgIpc) is 2.86. The number of amides is 1. The molecular formula is C10H12Br2N2OS. The highest BCUT2D eigenvalue weighted by molar-refractivity contribution is 9.13. The topological polar surface area (TPSA) is 41.1 Å². The molecule has 1 amide bonds. The molecule has 1 fully saturated rings. The smallest absolute Gasteiger partial charge is 0.261 e. The lowest BCUT2D eigenvalue weighted by atomic mass is 10.2. The molecule has 88 valence electrons. The molecule has 2 N–H and O–H groups in total. The maximum absolute atomic E-state index is 11.8. The second kappa shape index (κ2) is 5.62. The number of thiophene rings is 1. The van der Waals surface area contributed by atoms with Crippen LogP contribution in [0, 0.1) is 0 Å². The van der Waals surface area contributed by atoms with E-state index < -0.39 is 0 Å². The fourth-order valence-electron chi connectivity index (χ4n) is 1.69. The van der Waals surface area contributed by atoms with Crippen LogP contribution in [0.3, 0.4) is 0 Å². The van der Waals surface area contributed by atoms with Crippen molar-refractivity contribution in [3.8, 4) is 0 Å². The number of carbonyl (C=O) groups excluding carboxylic acids is 1. The summed E-state index contributed by atoms with van der Waals surface area (Å²) in [6.07, 6.45) is 2.36. The molecular weight excluding hydrogens is 356 g/mol. The van der Waals surface area contributed by atoms with Crippen molar-refractivity contribution in [2.75, 3.05) is 13.1 Å². The Balaban J connectivity index is 1.87. The molecule has 6 heteroatoms. The molecule has 2 rings (SSSR count). The van der Waals surface area contributed by atoms with E-state index in [9.17, 15) is 4.79 Å². The van der Waals surface area contributed by atoms with Crippen LogP contribution >= 0.6 is 43.2 Å². The Morgan fingerprint density at radius 3 is 3.00 bits per heavy atom. The lowest BCUT2D eigenvalue weighted by molar-refractivity contribution is 0.0954. The first-order valence-electron chi connectivity index (χ1n) is 5.13. The first-order valence-corrected chi connectivity index (χ1v) is 7.53. The van der Waals surface area contributed by atoms with Crippen LogP contribution in [0.1, 0.15) is 22.5 Å². The zero-order chi connectivity index (χ0) is 11.5. The standard InChI is InChI=1S/C10H12Br2N2OS/c11-7-4-8(16-9(7)12)10(15)14-5-6-2-1-3-13-6/h4,6,13H,1-3,5H2,(H,14,15). The Morgan fingerprint density at radius 2 is 2.44 bits per heavy atom. The lowest BCUT2D eigenvalue weighted by Crippen LogP contribution is -2.36. The van der Waals surface area contributed by atoms with Crippen LogP contribution in [0.5, 0.6) is 0 Å². The Kier molecular flexibility index (Phi) is 4.41. The molecule has 1 atom stereocenters. The first kappa shape index (κ1) is 12.5. The summed E-state index contributed by atoms with van der Waals surface area (Å²) < 4.78 is 1.89. The van der Waals surface area contributed by atoms with Crippen LogP contribution in [0.15, 0.2) is 14.3 Å². The maximum atomic E-state index is 11.8. The number of hydrogen-bond donors (Lipinski definition) is 2. The van der Waals surface area contributed by atoms with Gasteiger partial charge < -0.3 is 10.6 Å². The van der Waals surface area contributed by atoms with Gasteiger partial charge in [0, 0.05) is 17.1 Å². The van der Waals surface area contributed by atoms with Crippen molar-refractivity contribution in [2.45, 2.75) is 18.9 Å². The minimum atomic E-state index is 0.00472. The van der Waals surface area contributed by atoms with Crippen molar-refractivity contribution < 1.29 is 4.79 Å². The van der Waals surface area contributed by atoms with Gasteiger partial charge in [0.2, 0.25) is 0 Å². The fraction of sp³-hybridized carbons (Fsp3) is 0.500. The van der Waals surface area contributed by atoms with Crippen LogP contribution < -0.4 is 10.6 Å². The van der Waals surface area contributed by atoms with Gasteiger partial charge in [-0.1, -0.05) is 0 Å². The number of halogens is 2. The van der Waals surface area contributed by atoms with Gasteiger partial charge in [-0.15, -0.1) is 11.3 Å². The highest BCUT2D eigenvalue weighted by Gasteiger charge is 2.16. The summed E-state index contributed by atoms with van der Waals surface area (Å²) in [5, 5.41) is 6.30. The van der Waals surface area contributed by atoms with Gasteiger partial charge in [0.25, 0.3) is 5.91 Å². The Morgan fingerprint density at radius 1 is 1.62 bits per heavy atom. The van der Waals surface area contributed by atoms with Crippen LogP contribution in [-0.2, 0) is 0 Å². The van der Waals surface area contributed by atoms with E-state index in [-0.39, 0.29) is 5.91 Å². The summed E-state index contributed by atoms with van der Waals surface area (Å²) in [5.41, 5.74) is 0. The van der Waals surface area contributed by atoms with Gasteiger partial charge in [-0.25, -0.2) is 0 Å². The molecule has 1 aromatic rings. The molecule has 2 heterocycles. The van der Waals surface area contributed by atoms with Crippen molar-refractivity contribution in [3.05, 3.63) is 19.2 Å². The van der Waals surface area contributed by atoms with E-state index in [0.717, 1.165) is 26.1 Å². The van der Waals surface area contributed by atoms with E-state index in [2.05, 4.69) is 42.5 Å². The second-order valence-corrected chi connectivity index (χ2v) is 6.96. The summed E-state index contributed by atoms with van der Waals surface area (Å²) in [7, 11) is 0. The van der Waals surface area contributed by atoms with Gasteiger partial charge in [-0.3, -0.25) is 4.79 Å². The monoisotopic (exact) mass is 366 g/mol.